The lowest BCUT2D eigenvalue weighted by Gasteiger charge is -2.36. The molecular formula is C20H30N8O. The van der Waals surface area contributed by atoms with Crippen LogP contribution in [0.15, 0.2) is 29.4 Å². The number of aromatic nitrogens is 3. The van der Waals surface area contributed by atoms with Gasteiger partial charge in [0.05, 0.1) is 6.54 Å². The molecule has 0 saturated carbocycles. The lowest BCUT2D eigenvalue weighted by atomic mass is 10.3. The van der Waals surface area contributed by atoms with Gasteiger partial charge in [-0.25, -0.2) is 0 Å². The minimum absolute atomic E-state index is 0.277. The maximum Gasteiger partial charge on any atom is 0.236 e. The fourth-order valence-corrected chi connectivity index (χ4v) is 4.06. The smallest absolute Gasteiger partial charge is 0.236 e. The highest BCUT2D eigenvalue weighted by Crippen LogP contribution is 2.09. The van der Waals surface area contributed by atoms with Gasteiger partial charge in [-0.05, 0) is 25.0 Å². The van der Waals surface area contributed by atoms with Crippen LogP contribution in [0.2, 0.25) is 0 Å². The number of hydrogen-bond acceptors (Lipinski definition) is 5. The van der Waals surface area contributed by atoms with Gasteiger partial charge in [0.1, 0.15) is 5.82 Å². The minimum atomic E-state index is 0.277. The number of pyridine rings is 1. The average molecular weight is 399 g/mol. The van der Waals surface area contributed by atoms with E-state index in [9.17, 15) is 4.79 Å². The Balaban J connectivity index is 1.22. The number of carbonyl (C=O) groups is 1. The number of fused-ring (bicyclic) bond motifs is 1. The third kappa shape index (κ3) is 4.67. The maximum absolute atomic E-state index is 12.4. The highest BCUT2D eigenvalue weighted by molar-refractivity contribution is 5.80. The zero-order chi connectivity index (χ0) is 20.1. The van der Waals surface area contributed by atoms with Crippen molar-refractivity contribution < 1.29 is 4.79 Å². The van der Waals surface area contributed by atoms with Crippen molar-refractivity contribution in [3.63, 3.8) is 0 Å². The number of guanidine groups is 1. The van der Waals surface area contributed by atoms with Crippen molar-refractivity contribution in [3.05, 3.63) is 30.2 Å². The lowest BCUT2D eigenvalue weighted by Crippen LogP contribution is -2.54. The molecule has 156 valence electrons. The summed E-state index contributed by atoms with van der Waals surface area (Å²) in [6.45, 7) is 6.66. The number of rotatable bonds is 5. The third-order valence-corrected chi connectivity index (χ3v) is 5.72. The number of nitrogens with one attached hydrogen (secondary N) is 1. The van der Waals surface area contributed by atoms with Crippen LogP contribution in [0, 0.1) is 0 Å². The summed E-state index contributed by atoms with van der Waals surface area (Å²) in [7, 11) is 1.82. The molecule has 0 spiro atoms. The molecule has 29 heavy (non-hydrogen) atoms. The first-order chi connectivity index (χ1) is 14.2. The van der Waals surface area contributed by atoms with E-state index < -0.39 is 0 Å². The fourth-order valence-electron chi connectivity index (χ4n) is 4.06. The van der Waals surface area contributed by atoms with Crippen LogP contribution in [-0.4, -0.2) is 101 Å². The van der Waals surface area contributed by atoms with Gasteiger partial charge < -0.3 is 15.1 Å². The van der Waals surface area contributed by atoms with E-state index in [1.807, 2.05) is 40.7 Å². The number of hydrogen-bond donors (Lipinski definition) is 1. The van der Waals surface area contributed by atoms with Crippen LogP contribution >= 0.6 is 0 Å². The zero-order valence-corrected chi connectivity index (χ0v) is 17.1. The summed E-state index contributed by atoms with van der Waals surface area (Å²) < 4.78 is 2.01. The Kier molecular flexibility index (Phi) is 6.24. The van der Waals surface area contributed by atoms with Gasteiger partial charge in [0.25, 0.3) is 0 Å². The molecule has 0 atom stereocenters. The number of carbonyl (C=O) groups excluding carboxylic acids is 1. The van der Waals surface area contributed by atoms with Gasteiger partial charge in [-0.15, -0.1) is 10.2 Å². The Morgan fingerprint density at radius 2 is 1.86 bits per heavy atom. The number of likely N-dealkylation sites (tertiary alicyclic amines) is 1. The second-order valence-electron chi connectivity index (χ2n) is 7.62. The molecule has 1 amide bonds. The Morgan fingerprint density at radius 1 is 1.07 bits per heavy atom. The average Bonchev–Trinajstić information content (AvgIpc) is 3.43. The van der Waals surface area contributed by atoms with Gasteiger partial charge in [0, 0.05) is 65.5 Å². The molecule has 2 aliphatic rings. The summed E-state index contributed by atoms with van der Waals surface area (Å²) in [5, 5.41) is 11.9. The summed E-state index contributed by atoms with van der Waals surface area (Å²) in [6.07, 6.45) is 5.05. The van der Waals surface area contributed by atoms with Crippen molar-refractivity contribution in [2.75, 3.05) is 59.4 Å². The highest BCUT2D eigenvalue weighted by atomic mass is 16.2. The Labute approximate surface area is 171 Å². The van der Waals surface area contributed by atoms with E-state index >= 15 is 0 Å². The Bertz CT molecular complexity index is 849. The molecule has 2 fully saturated rings. The summed E-state index contributed by atoms with van der Waals surface area (Å²) in [5.41, 5.74) is 0.867. The van der Waals surface area contributed by atoms with Crippen molar-refractivity contribution in [1.29, 1.82) is 0 Å². The van der Waals surface area contributed by atoms with Gasteiger partial charge in [-0.2, -0.15) is 0 Å². The molecule has 2 aromatic heterocycles. The van der Waals surface area contributed by atoms with E-state index in [4.69, 9.17) is 0 Å². The number of aliphatic imine (C=N–C) groups is 1. The molecule has 4 heterocycles. The van der Waals surface area contributed by atoms with E-state index in [2.05, 4.69) is 30.3 Å². The molecule has 0 bridgehead atoms. The van der Waals surface area contributed by atoms with Crippen LogP contribution in [-0.2, 0) is 11.2 Å². The molecule has 9 nitrogen and oxygen atoms in total. The second-order valence-corrected chi connectivity index (χ2v) is 7.62. The largest absolute Gasteiger partial charge is 0.356 e. The van der Waals surface area contributed by atoms with Gasteiger partial charge in [0.2, 0.25) is 5.91 Å². The van der Waals surface area contributed by atoms with Crippen molar-refractivity contribution in [1.82, 2.24) is 34.6 Å². The standard InChI is InChI=1S/C20H30N8O/c1-21-20(22-8-7-18-24-23-17-6-2-3-11-28(17)18)27-14-12-25(13-15-27)16-19(29)26-9-4-5-10-26/h2-3,6,11H,4-5,7-10,12-16H2,1H3,(H,21,22). The van der Waals surface area contributed by atoms with E-state index in [1.165, 1.54) is 0 Å². The summed E-state index contributed by atoms with van der Waals surface area (Å²) >= 11 is 0. The van der Waals surface area contributed by atoms with Gasteiger partial charge >= 0.3 is 0 Å². The van der Waals surface area contributed by atoms with Crippen molar-refractivity contribution >= 4 is 17.5 Å². The molecule has 0 unspecified atom stereocenters. The fraction of sp³-hybridized carbons (Fsp3) is 0.600. The molecule has 0 aromatic carbocycles. The Morgan fingerprint density at radius 3 is 2.62 bits per heavy atom. The number of nitrogens with zero attached hydrogens (tertiary/aromatic N) is 7. The Hall–Kier alpha value is -2.68. The first-order valence-electron chi connectivity index (χ1n) is 10.5. The predicted molar refractivity (Wildman–Crippen MR) is 112 cm³/mol. The molecule has 4 rings (SSSR count). The van der Waals surface area contributed by atoms with Crippen molar-refractivity contribution in [3.8, 4) is 0 Å². The lowest BCUT2D eigenvalue weighted by molar-refractivity contribution is -0.131. The van der Waals surface area contributed by atoms with E-state index in [0.29, 0.717) is 6.54 Å². The van der Waals surface area contributed by atoms with Gasteiger partial charge in [-0.3, -0.25) is 19.1 Å². The highest BCUT2D eigenvalue weighted by Gasteiger charge is 2.24. The monoisotopic (exact) mass is 398 g/mol. The molecule has 0 radical (unpaired) electrons. The van der Waals surface area contributed by atoms with Crippen LogP contribution in [0.5, 0.6) is 0 Å². The zero-order valence-electron chi connectivity index (χ0n) is 17.1. The quantitative estimate of drug-likeness (QED) is 0.568. The van der Waals surface area contributed by atoms with Gasteiger partial charge in [-0.1, -0.05) is 6.07 Å². The van der Waals surface area contributed by atoms with Crippen LogP contribution in [0.1, 0.15) is 18.7 Å². The topological polar surface area (TPSA) is 81.4 Å². The number of amides is 1. The first-order valence-corrected chi connectivity index (χ1v) is 10.5. The van der Waals surface area contributed by atoms with Crippen LogP contribution in [0.4, 0.5) is 0 Å². The molecular weight excluding hydrogens is 368 g/mol. The van der Waals surface area contributed by atoms with E-state index in [0.717, 1.165) is 82.5 Å². The SMILES string of the molecule is CN=C(NCCc1nnc2ccccn12)N1CCN(CC(=O)N2CCCC2)CC1. The van der Waals surface area contributed by atoms with Crippen LogP contribution in [0.25, 0.3) is 5.65 Å². The van der Waals surface area contributed by atoms with E-state index in [1.54, 1.807) is 0 Å². The predicted octanol–water partition coefficient (Wildman–Crippen LogP) is 0.0872. The molecule has 9 heteroatoms. The van der Waals surface area contributed by atoms with Crippen molar-refractivity contribution in [2.45, 2.75) is 19.3 Å². The summed E-state index contributed by atoms with van der Waals surface area (Å²) in [4.78, 5) is 23.3. The van der Waals surface area contributed by atoms with E-state index in [-0.39, 0.29) is 5.91 Å². The summed E-state index contributed by atoms with van der Waals surface area (Å²) in [6, 6.07) is 5.91. The van der Waals surface area contributed by atoms with Gasteiger partial charge in [0.15, 0.2) is 11.6 Å². The second kappa shape index (κ2) is 9.21. The first kappa shape index (κ1) is 19.6. The molecule has 1 N–H and O–H groups in total. The normalized spacial score (nSPS) is 18.6. The maximum atomic E-state index is 12.4. The molecule has 0 aliphatic carbocycles. The molecule has 2 aliphatic heterocycles. The third-order valence-electron chi connectivity index (χ3n) is 5.72. The summed E-state index contributed by atoms with van der Waals surface area (Å²) in [5.74, 6) is 2.12. The van der Waals surface area contributed by atoms with Crippen LogP contribution < -0.4 is 5.32 Å². The minimum Gasteiger partial charge on any atom is -0.356 e. The molecule has 2 saturated heterocycles. The number of piperazine rings is 1. The van der Waals surface area contributed by atoms with Crippen molar-refractivity contribution in [2.24, 2.45) is 4.99 Å². The molecule has 2 aromatic rings. The van der Waals surface area contributed by atoms with Crippen LogP contribution in [0.3, 0.4) is 0 Å².